The van der Waals surface area contributed by atoms with Gasteiger partial charge in [-0.05, 0) is 45.7 Å². The first kappa shape index (κ1) is 22.2. The highest BCUT2D eigenvalue weighted by atomic mass is 16.5. The second-order valence-electron chi connectivity index (χ2n) is 9.59. The molecule has 11 nitrogen and oxygen atoms in total. The van der Waals surface area contributed by atoms with Crippen LogP contribution in [0.4, 0.5) is 10.6 Å². The molecule has 1 unspecified atom stereocenters. The summed E-state index contributed by atoms with van der Waals surface area (Å²) in [7, 11) is 1.82. The molecule has 0 aliphatic carbocycles. The van der Waals surface area contributed by atoms with Crippen LogP contribution in [0.5, 0.6) is 5.75 Å². The van der Waals surface area contributed by atoms with Crippen LogP contribution in [0.25, 0.3) is 11.3 Å². The first-order valence-corrected chi connectivity index (χ1v) is 11.7. The fraction of sp³-hybridized carbons (Fsp3) is 0.522. The SMILES string of the molecule is CC(C)NC(=O)N1CC[C@@]2(CCn3nc(-c4cnc(N)c(OC(C)c5cnnn5C)c4)cc32)C1. The summed E-state index contributed by atoms with van der Waals surface area (Å²) in [5.41, 5.74) is 9.73. The Bertz CT molecular complexity index is 1220. The van der Waals surface area contributed by atoms with Crippen LogP contribution in [0.3, 0.4) is 0 Å². The van der Waals surface area contributed by atoms with Crippen LogP contribution < -0.4 is 15.8 Å². The van der Waals surface area contributed by atoms with Gasteiger partial charge >= 0.3 is 6.03 Å². The molecule has 2 amide bonds. The molecule has 3 aromatic rings. The Balaban J connectivity index is 1.37. The molecule has 3 aromatic heterocycles. The Morgan fingerprint density at radius 2 is 2.00 bits per heavy atom. The van der Waals surface area contributed by atoms with E-state index in [0.717, 1.165) is 42.9 Å². The third kappa shape index (κ3) is 3.84. The summed E-state index contributed by atoms with van der Waals surface area (Å²) >= 11 is 0. The maximum atomic E-state index is 12.5. The number of amides is 2. The van der Waals surface area contributed by atoms with Crippen molar-refractivity contribution in [3.63, 3.8) is 0 Å². The number of nitrogen functional groups attached to an aromatic ring is 1. The lowest BCUT2D eigenvalue weighted by atomic mass is 9.82. The number of rotatable bonds is 5. The molecule has 3 N–H and O–H groups in total. The van der Waals surface area contributed by atoms with Crippen molar-refractivity contribution in [2.45, 2.75) is 57.7 Å². The molecule has 0 saturated carbocycles. The number of pyridine rings is 1. The standard InChI is InChI=1S/C23H31N9O2/c1-14(2)27-22(33)31-7-5-23(13-31)6-8-32-20(23)10-17(28-32)16-9-19(21(24)25-11-16)34-15(3)18-12-26-29-30(18)4/h9-12,14-15H,5-8,13H2,1-4H3,(H2,24,25)(H,27,33)/t15?,23-/m1/s1. The average Bonchev–Trinajstić information content (AvgIpc) is 3.55. The maximum Gasteiger partial charge on any atom is 0.317 e. The second-order valence-corrected chi connectivity index (χ2v) is 9.59. The van der Waals surface area contributed by atoms with Gasteiger partial charge in [-0.25, -0.2) is 14.5 Å². The summed E-state index contributed by atoms with van der Waals surface area (Å²) in [6.45, 7) is 8.18. The quantitative estimate of drug-likeness (QED) is 0.591. The van der Waals surface area contributed by atoms with Crippen molar-refractivity contribution < 1.29 is 9.53 Å². The highest BCUT2D eigenvalue weighted by Crippen LogP contribution is 2.44. The van der Waals surface area contributed by atoms with Crippen LogP contribution in [0.2, 0.25) is 0 Å². The van der Waals surface area contributed by atoms with E-state index in [1.165, 1.54) is 5.69 Å². The van der Waals surface area contributed by atoms with E-state index in [1.807, 2.05) is 38.8 Å². The molecule has 1 saturated heterocycles. The summed E-state index contributed by atoms with van der Waals surface area (Å²) in [6, 6.07) is 4.13. The summed E-state index contributed by atoms with van der Waals surface area (Å²) in [5.74, 6) is 0.808. The van der Waals surface area contributed by atoms with Crippen LogP contribution in [-0.4, -0.2) is 59.8 Å². The van der Waals surface area contributed by atoms with Gasteiger partial charge in [0.25, 0.3) is 0 Å². The van der Waals surface area contributed by atoms with Crippen LogP contribution in [0, 0.1) is 0 Å². The first-order chi connectivity index (χ1) is 16.3. The molecule has 2 aliphatic rings. The molecule has 0 bridgehead atoms. The topological polar surface area (TPSA) is 129 Å². The van der Waals surface area contributed by atoms with Gasteiger partial charge in [-0.2, -0.15) is 5.10 Å². The molecule has 1 spiro atoms. The zero-order valence-electron chi connectivity index (χ0n) is 20.0. The molecule has 180 valence electrons. The van der Waals surface area contributed by atoms with Crippen molar-refractivity contribution in [2.24, 2.45) is 7.05 Å². The normalized spacial score (nSPS) is 20.2. The number of nitrogens with zero attached hydrogens (tertiary/aromatic N) is 7. The van der Waals surface area contributed by atoms with Gasteiger partial charge in [0.05, 0.1) is 17.6 Å². The van der Waals surface area contributed by atoms with E-state index in [2.05, 4.69) is 31.4 Å². The van der Waals surface area contributed by atoms with E-state index >= 15 is 0 Å². The predicted octanol–water partition coefficient (Wildman–Crippen LogP) is 2.26. The van der Waals surface area contributed by atoms with Gasteiger partial charge < -0.3 is 20.7 Å². The molecule has 1 fully saturated rings. The molecule has 34 heavy (non-hydrogen) atoms. The zero-order chi connectivity index (χ0) is 24.0. The molecule has 2 aliphatic heterocycles. The lowest BCUT2D eigenvalue weighted by Crippen LogP contribution is -2.43. The number of hydrogen-bond donors (Lipinski definition) is 2. The summed E-state index contributed by atoms with van der Waals surface area (Å²) in [5, 5.41) is 15.7. The van der Waals surface area contributed by atoms with Gasteiger partial charge in [-0.3, -0.25) is 4.68 Å². The number of ether oxygens (including phenoxy) is 1. The minimum Gasteiger partial charge on any atom is -0.480 e. The summed E-state index contributed by atoms with van der Waals surface area (Å²) in [6.07, 6.45) is 5.03. The number of fused-ring (bicyclic) bond motifs is 2. The van der Waals surface area contributed by atoms with Gasteiger partial charge in [0.15, 0.2) is 11.6 Å². The number of aromatic nitrogens is 6. The largest absolute Gasteiger partial charge is 0.480 e. The van der Waals surface area contributed by atoms with Crippen LogP contribution in [-0.2, 0) is 19.0 Å². The van der Waals surface area contributed by atoms with Gasteiger partial charge in [0.2, 0.25) is 0 Å². The molecule has 5 rings (SSSR count). The van der Waals surface area contributed by atoms with Crippen molar-refractivity contribution in [3.05, 3.63) is 35.9 Å². The van der Waals surface area contributed by atoms with Crippen molar-refractivity contribution in [2.75, 3.05) is 18.8 Å². The number of nitrogens with one attached hydrogen (secondary N) is 1. The molecule has 5 heterocycles. The fourth-order valence-electron chi connectivity index (χ4n) is 5.01. The smallest absolute Gasteiger partial charge is 0.317 e. The van der Waals surface area contributed by atoms with Crippen LogP contribution in [0.1, 0.15) is 51.1 Å². The van der Waals surface area contributed by atoms with Gasteiger partial charge in [-0.15, -0.1) is 5.10 Å². The molecule has 0 radical (unpaired) electrons. The molecule has 2 atom stereocenters. The molecule has 11 heteroatoms. The number of urea groups is 1. The number of anilines is 1. The van der Waals surface area contributed by atoms with E-state index in [1.54, 1.807) is 17.1 Å². The third-order valence-corrected chi connectivity index (χ3v) is 6.83. The van der Waals surface area contributed by atoms with E-state index in [0.29, 0.717) is 18.1 Å². The Hall–Kier alpha value is -3.63. The van der Waals surface area contributed by atoms with E-state index < -0.39 is 0 Å². The Kier molecular flexibility index (Phi) is 5.41. The predicted molar refractivity (Wildman–Crippen MR) is 126 cm³/mol. The minimum absolute atomic E-state index is 0.00679. The highest BCUT2D eigenvalue weighted by Gasteiger charge is 2.47. The Morgan fingerprint density at radius 3 is 2.74 bits per heavy atom. The Morgan fingerprint density at radius 1 is 1.21 bits per heavy atom. The number of carbonyl (C=O) groups is 1. The first-order valence-electron chi connectivity index (χ1n) is 11.7. The summed E-state index contributed by atoms with van der Waals surface area (Å²) in [4.78, 5) is 18.8. The molecular weight excluding hydrogens is 434 g/mol. The number of hydrogen-bond acceptors (Lipinski definition) is 7. The second kappa shape index (κ2) is 8.30. The number of likely N-dealkylation sites (tertiary alicyclic amines) is 1. The van der Waals surface area contributed by atoms with E-state index in [4.69, 9.17) is 15.6 Å². The summed E-state index contributed by atoms with van der Waals surface area (Å²) < 4.78 is 9.84. The van der Waals surface area contributed by atoms with Crippen molar-refractivity contribution in [1.29, 1.82) is 0 Å². The molecular formula is C23H31N9O2. The minimum atomic E-state index is -0.295. The lowest BCUT2D eigenvalue weighted by molar-refractivity contribution is 0.203. The van der Waals surface area contributed by atoms with Crippen molar-refractivity contribution >= 4 is 11.8 Å². The van der Waals surface area contributed by atoms with E-state index in [-0.39, 0.29) is 23.6 Å². The van der Waals surface area contributed by atoms with Crippen LogP contribution in [0.15, 0.2) is 24.5 Å². The maximum absolute atomic E-state index is 12.5. The highest BCUT2D eigenvalue weighted by molar-refractivity contribution is 5.75. The van der Waals surface area contributed by atoms with Gasteiger partial charge in [0, 0.05) is 55.6 Å². The third-order valence-electron chi connectivity index (χ3n) is 6.83. The fourth-order valence-corrected chi connectivity index (χ4v) is 5.01. The Labute approximate surface area is 198 Å². The number of carbonyl (C=O) groups excluding carboxylic acids is 1. The van der Waals surface area contributed by atoms with Gasteiger partial charge in [0.1, 0.15) is 6.10 Å². The zero-order valence-corrected chi connectivity index (χ0v) is 20.0. The lowest BCUT2D eigenvalue weighted by Gasteiger charge is -2.24. The van der Waals surface area contributed by atoms with Crippen molar-refractivity contribution in [3.8, 4) is 17.0 Å². The average molecular weight is 466 g/mol. The number of aryl methyl sites for hydroxylation is 2. The van der Waals surface area contributed by atoms with E-state index in [9.17, 15) is 4.79 Å². The van der Waals surface area contributed by atoms with Gasteiger partial charge in [-0.1, -0.05) is 5.21 Å². The van der Waals surface area contributed by atoms with Crippen LogP contribution >= 0.6 is 0 Å². The van der Waals surface area contributed by atoms with Crippen molar-refractivity contribution in [1.82, 2.24) is 40.0 Å². The molecule has 0 aromatic carbocycles. The monoisotopic (exact) mass is 465 g/mol. The number of nitrogens with two attached hydrogens (primary N) is 1.